The lowest BCUT2D eigenvalue weighted by Crippen LogP contribution is -2.25. The Morgan fingerprint density at radius 2 is 1.71 bits per heavy atom. The summed E-state index contributed by atoms with van der Waals surface area (Å²) >= 11 is 0. The number of carbonyl (C=O) groups excluding carboxylic acids is 2. The monoisotopic (exact) mass is 234 g/mol. The molecule has 92 valence electrons. The summed E-state index contributed by atoms with van der Waals surface area (Å²) in [6.07, 6.45) is 1.39. The van der Waals surface area contributed by atoms with Crippen LogP contribution in [0.2, 0.25) is 0 Å². The number of hydrogen-bond donors (Lipinski definition) is 0. The fraction of sp³-hybridized carbons (Fsp3) is 0.429. The summed E-state index contributed by atoms with van der Waals surface area (Å²) in [4.78, 5) is 22.8. The van der Waals surface area contributed by atoms with Crippen molar-refractivity contribution in [3.63, 3.8) is 0 Å². The normalized spacial score (nSPS) is 11.9. The summed E-state index contributed by atoms with van der Waals surface area (Å²) in [5, 5.41) is 0. The van der Waals surface area contributed by atoms with Crippen molar-refractivity contribution in [2.75, 3.05) is 7.11 Å². The van der Waals surface area contributed by atoms with Crippen molar-refractivity contribution in [2.24, 2.45) is 5.92 Å². The third-order valence-electron chi connectivity index (χ3n) is 2.85. The van der Waals surface area contributed by atoms with Gasteiger partial charge in [0.15, 0.2) is 0 Å². The highest BCUT2D eigenvalue weighted by molar-refractivity contribution is 5.97. The maximum Gasteiger partial charge on any atom is 0.316 e. The highest BCUT2D eigenvalue weighted by atomic mass is 16.5. The molecular weight excluding hydrogens is 216 g/mol. The van der Waals surface area contributed by atoms with Gasteiger partial charge in [-0.25, -0.2) is 0 Å². The number of aryl methyl sites for hydroxylation is 1. The number of ketones is 1. The molecule has 0 radical (unpaired) electrons. The van der Waals surface area contributed by atoms with Gasteiger partial charge in [-0.05, 0) is 30.9 Å². The first-order valence-corrected chi connectivity index (χ1v) is 5.74. The maximum atomic E-state index is 11.4. The van der Waals surface area contributed by atoms with E-state index in [0.29, 0.717) is 6.42 Å². The molecule has 0 amide bonds. The lowest BCUT2D eigenvalue weighted by Gasteiger charge is -2.11. The number of methoxy groups -OCH3 is 1. The van der Waals surface area contributed by atoms with E-state index in [1.54, 1.807) is 0 Å². The Morgan fingerprint density at radius 1 is 1.18 bits per heavy atom. The minimum absolute atomic E-state index is 0.156. The summed E-state index contributed by atoms with van der Waals surface area (Å²) in [6.45, 7) is 3.50. The summed E-state index contributed by atoms with van der Waals surface area (Å²) in [7, 11) is 1.30. The van der Waals surface area contributed by atoms with Crippen LogP contribution >= 0.6 is 0 Å². The summed E-state index contributed by atoms with van der Waals surface area (Å²) < 4.78 is 4.63. The fourth-order valence-corrected chi connectivity index (χ4v) is 1.68. The number of carbonyl (C=O) groups is 2. The van der Waals surface area contributed by atoms with Gasteiger partial charge in [0.25, 0.3) is 0 Å². The van der Waals surface area contributed by atoms with Gasteiger partial charge >= 0.3 is 5.97 Å². The van der Waals surface area contributed by atoms with E-state index in [1.165, 1.54) is 19.6 Å². The van der Waals surface area contributed by atoms with Gasteiger partial charge in [0.2, 0.25) is 0 Å². The summed E-state index contributed by atoms with van der Waals surface area (Å²) in [5.41, 5.74) is 2.22. The van der Waals surface area contributed by atoms with Crippen LogP contribution < -0.4 is 0 Å². The first kappa shape index (κ1) is 13.4. The molecule has 0 bridgehead atoms. The average Bonchev–Trinajstić information content (AvgIpc) is 2.35. The van der Waals surface area contributed by atoms with Crippen molar-refractivity contribution < 1.29 is 14.3 Å². The number of benzene rings is 1. The molecule has 0 heterocycles. The van der Waals surface area contributed by atoms with E-state index < -0.39 is 11.9 Å². The molecule has 0 fully saturated rings. The fourth-order valence-electron chi connectivity index (χ4n) is 1.68. The Hall–Kier alpha value is -1.64. The van der Waals surface area contributed by atoms with Gasteiger partial charge in [-0.15, -0.1) is 0 Å². The minimum atomic E-state index is -0.688. The van der Waals surface area contributed by atoms with E-state index in [1.807, 2.05) is 24.3 Å². The topological polar surface area (TPSA) is 43.4 Å². The van der Waals surface area contributed by atoms with Crippen molar-refractivity contribution in [1.29, 1.82) is 0 Å². The Balaban J connectivity index is 2.79. The predicted octanol–water partition coefficient (Wildman–Crippen LogP) is 2.17. The van der Waals surface area contributed by atoms with E-state index in [9.17, 15) is 9.59 Å². The largest absolute Gasteiger partial charge is 0.468 e. The molecule has 0 saturated carbocycles. The highest BCUT2D eigenvalue weighted by Gasteiger charge is 2.24. The van der Waals surface area contributed by atoms with Crippen molar-refractivity contribution >= 4 is 11.8 Å². The van der Waals surface area contributed by atoms with Crippen LogP contribution in [0, 0.1) is 5.92 Å². The molecule has 0 aliphatic rings. The second-order valence-electron chi connectivity index (χ2n) is 4.06. The van der Waals surface area contributed by atoms with Gasteiger partial charge in [-0.1, -0.05) is 31.2 Å². The minimum Gasteiger partial charge on any atom is -0.468 e. The second kappa shape index (κ2) is 6.18. The van der Waals surface area contributed by atoms with E-state index in [4.69, 9.17) is 0 Å². The molecule has 1 atom stereocenters. The average molecular weight is 234 g/mol. The number of Topliss-reactive ketones (excluding diaryl/α,β-unsaturated/α-hetero) is 1. The molecule has 17 heavy (non-hydrogen) atoms. The molecular formula is C14H18O3. The second-order valence-corrected chi connectivity index (χ2v) is 4.06. The molecule has 0 N–H and O–H groups in total. The third-order valence-corrected chi connectivity index (χ3v) is 2.85. The number of esters is 1. The molecule has 0 aliphatic carbocycles. The molecule has 1 aromatic rings. The molecule has 3 heteroatoms. The molecule has 0 spiro atoms. The summed E-state index contributed by atoms with van der Waals surface area (Å²) in [5.74, 6) is -1.30. The number of rotatable bonds is 5. The van der Waals surface area contributed by atoms with E-state index in [0.717, 1.165) is 12.0 Å². The van der Waals surface area contributed by atoms with Gasteiger partial charge in [0.1, 0.15) is 11.7 Å². The van der Waals surface area contributed by atoms with Crippen LogP contribution in [0.4, 0.5) is 0 Å². The smallest absolute Gasteiger partial charge is 0.316 e. The van der Waals surface area contributed by atoms with Crippen molar-refractivity contribution in [3.8, 4) is 0 Å². The Bertz CT molecular complexity index is 392. The third kappa shape index (κ3) is 3.70. The zero-order chi connectivity index (χ0) is 12.8. The van der Waals surface area contributed by atoms with Crippen molar-refractivity contribution in [3.05, 3.63) is 35.4 Å². The SMILES string of the molecule is CCc1ccc(CC(C(C)=O)C(=O)OC)cc1. The van der Waals surface area contributed by atoms with Gasteiger partial charge in [-0.2, -0.15) is 0 Å². The number of ether oxygens (including phenoxy) is 1. The Kier molecular flexibility index (Phi) is 4.88. The van der Waals surface area contributed by atoms with E-state index in [-0.39, 0.29) is 5.78 Å². The van der Waals surface area contributed by atoms with Crippen LogP contribution in [-0.2, 0) is 27.2 Å². The van der Waals surface area contributed by atoms with Gasteiger partial charge in [-0.3, -0.25) is 9.59 Å². The lowest BCUT2D eigenvalue weighted by atomic mass is 9.95. The molecule has 3 nitrogen and oxygen atoms in total. The standard InChI is InChI=1S/C14H18O3/c1-4-11-5-7-12(8-6-11)9-13(10(2)15)14(16)17-3/h5-8,13H,4,9H2,1-3H3. The zero-order valence-corrected chi connectivity index (χ0v) is 10.5. The predicted molar refractivity (Wildman–Crippen MR) is 65.7 cm³/mol. The maximum absolute atomic E-state index is 11.4. The van der Waals surface area contributed by atoms with Gasteiger partial charge in [0, 0.05) is 0 Å². The quantitative estimate of drug-likeness (QED) is 0.579. The molecule has 0 aliphatic heterocycles. The van der Waals surface area contributed by atoms with E-state index >= 15 is 0 Å². The molecule has 1 rings (SSSR count). The summed E-state index contributed by atoms with van der Waals surface area (Å²) in [6, 6.07) is 7.95. The van der Waals surface area contributed by atoms with E-state index in [2.05, 4.69) is 11.7 Å². The van der Waals surface area contributed by atoms with Crippen LogP contribution in [0.3, 0.4) is 0 Å². The Morgan fingerprint density at radius 3 is 2.12 bits per heavy atom. The first-order valence-electron chi connectivity index (χ1n) is 5.74. The van der Waals surface area contributed by atoms with Gasteiger partial charge < -0.3 is 4.74 Å². The molecule has 1 aromatic carbocycles. The number of hydrogen-bond acceptors (Lipinski definition) is 3. The lowest BCUT2D eigenvalue weighted by molar-refractivity contribution is -0.148. The van der Waals surface area contributed by atoms with Crippen molar-refractivity contribution in [1.82, 2.24) is 0 Å². The molecule has 0 aromatic heterocycles. The van der Waals surface area contributed by atoms with Crippen LogP contribution in [0.15, 0.2) is 24.3 Å². The van der Waals surface area contributed by atoms with Gasteiger partial charge in [0.05, 0.1) is 7.11 Å². The molecule has 0 saturated heterocycles. The molecule has 1 unspecified atom stereocenters. The Labute approximate surface area is 102 Å². The van der Waals surface area contributed by atoms with Crippen LogP contribution in [0.1, 0.15) is 25.0 Å². The first-order chi connectivity index (χ1) is 8.08. The van der Waals surface area contributed by atoms with Crippen LogP contribution in [0.5, 0.6) is 0 Å². The van der Waals surface area contributed by atoms with Crippen LogP contribution in [-0.4, -0.2) is 18.9 Å². The highest BCUT2D eigenvalue weighted by Crippen LogP contribution is 2.13. The zero-order valence-electron chi connectivity index (χ0n) is 10.5. The van der Waals surface area contributed by atoms with Crippen molar-refractivity contribution in [2.45, 2.75) is 26.7 Å². The van der Waals surface area contributed by atoms with Crippen LogP contribution in [0.25, 0.3) is 0 Å².